The van der Waals surface area contributed by atoms with Gasteiger partial charge in [-0.3, -0.25) is 0 Å². The van der Waals surface area contributed by atoms with E-state index in [2.05, 4.69) is 18.7 Å². The summed E-state index contributed by atoms with van der Waals surface area (Å²) in [5, 5.41) is 0. The van der Waals surface area contributed by atoms with E-state index >= 15 is 0 Å². The van der Waals surface area contributed by atoms with E-state index in [0.29, 0.717) is 31.0 Å². The third kappa shape index (κ3) is 4.13. The van der Waals surface area contributed by atoms with Crippen LogP contribution in [0.25, 0.3) is 6.08 Å². The summed E-state index contributed by atoms with van der Waals surface area (Å²) in [6.07, 6.45) is 11.9. The molecule has 3 heteroatoms. The van der Waals surface area contributed by atoms with Gasteiger partial charge in [-0.1, -0.05) is 36.9 Å². The van der Waals surface area contributed by atoms with Gasteiger partial charge in [0.05, 0.1) is 6.61 Å². The van der Waals surface area contributed by atoms with Crippen molar-refractivity contribution in [1.29, 1.82) is 0 Å². The van der Waals surface area contributed by atoms with Crippen molar-refractivity contribution < 1.29 is 14.3 Å². The molecule has 1 aromatic rings. The fraction of sp³-hybridized carbons (Fsp3) is 0.350. The van der Waals surface area contributed by atoms with Crippen molar-refractivity contribution in [2.45, 2.75) is 12.8 Å². The summed E-state index contributed by atoms with van der Waals surface area (Å²) >= 11 is 0. The maximum atomic E-state index is 11.8. The summed E-state index contributed by atoms with van der Waals surface area (Å²) < 4.78 is 10.8. The Morgan fingerprint density at radius 3 is 2.70 bits per heavy atom. The molecule has 0 aliphatic heterocycles. The van der Waals surface area contributed by atoms with E-state index in [4.69, 9.17) is 9.47 Å². The topological polar surface area (TPSA) is 35.5 Å². The van der Waals surface area contributed by atoms with Crippen LogP contribution in [0.5, 0.6) is 5.75 Å². The lowest BCUT2D eigenvalue weighted by Gasteiger charge is -2.17. The summed E-state index contributed by atoms with van der Waals surface area (Å²) in [7, 11) is 0. The highest BCUT2D eigenvalue weighted by molar-refractivity contribution is 5.87. The van der Waals surface area contributed by atoms with E-state index in [9.17, 15) is 4.79 Å². The first-order valence-electron chi connectivity index (χ1n) is 8.11. The molecule has 3 atom stereocenters. The van der Waals surface area contributed by atoms with Crippen LogP contribution in [0.2, 0.25) is 0 Å². The second-order valence-corrected chi connectivity index (χ2v) is 6.17. The predicted octanol–water partition coefficient (Wildman–Crippen LogP) is 4.02. The van der Waals surface area contributed by atoms with E-state index < -0.39 is 0 Å². The molecule has 0 spiro atoms. The Kier molecular flexibility index (Phi) is 4.96. The SMILES string of the molecule is C=CCOc1ccc(C=CC(=O)OCC2CC3C=CC2C3)cc1. The number of ether oxygens (including phenoxy) is 2. The second-order valence-electron chi connectivity index (χ2n) is 6.17. The summed E-state index contributed by atoms with van der Waals surface area (Å²) in [5.74, 6) is 2.34. The minimum atomic E-state index is -0.274. The van der Waals surface area contributed by atoms with Gasteiger partial charge in [0.2, 0.25) is 0 Å². The molecule has 120 valence electrons. The van der Waals surface area contributed by atoms with Gasteiger partial charge in [-0.15, -0.1) is 0 Å². The Labute approximate surface area is 137 Å². The second kappa shape index (κ2) is 7.32. The Balaban J connectivity index is 1.44. The number of allylic oxidation sites excluding steroid dienone is 2. The van der Waals surface area contributed by atoms with E-state index in [1.165, 1.54) is 12.5 Å². The van der Waals surface area contributed by atoms with Gasteiger partial charge in [-0.25, -0.2) is 4.79 Å². The van der Waals surface area contributed by atoms with Gasteiger partial charge in [0, 0.05) is 6.08 Å². The van der Waals surface area contributed by atoms with Gasteiger partial charge in [-0.2, -0.15) is 0 Å². The quantitative estimate of drug-likeness (QED) is 0.433. The summed E-state index contributed by atoms with van der Waals surface area (Å²) in [4.78, 5) is 11.8. The van der Waals surface area contributed by atoms with Crippen LogP contribution >= 0.6 is 0 Å². The minimum absolute atomic E-state index is 0.274. The van der Waals surface area contributed by atoms with Crippen molar-refractivity contribution in [3.8, 4) is 5.75 Å². The van der Waals surface area contributed by atoms with Crippen LogP contribution in [0.15, 0.2) is 55.1 Å². The number of fused-ring (bicyclic) bond motifs is 2. The highest BCUT2D eigenvalue weighted by atomic mass is 16.5. The van der Waals surface area contributed by atoms with Crippen LogP contribution in [0.4, 0.5) is 0 Å². The molecule has 1 fully saturated rings. The zero-order chi connectivity index (χ0) is 16.1. The van der Waals surface area contributed by atoms with Crippen molar-refractivity contribution in [1.82, 2.24) is 0 Å². The molecule has 0 saturated heterocycles. The smallest absolute Gasteiger partial charge is 0.330 e. The van der Waals surface area contributed by atoms with E-state index in [-0.39, 0.29) is 5.97 Å². The Morgan fingerprint density at radius 2 is 2.04 bits per heavy atom. The molecule has 0 amide bonds. The first-order valence-corrected chi connectivity index (χ1v) is 8.11. The van der Waals surface area contributed by atoms with Crippen LogP contribution in [0.3, 0.4) is 0 Å². The van der Waals surface area contributed by atoms with Gasteiger partial charge in [0.25, 0.3) is 0 Å². The van der Waals surface area contributed by atoms with Crippen molar-refractivity contribution in [3.63, 3.8) is 0 Å². The molecule has 1 aromatic carbocycles. The maximum absolute atomic E-state index is 11.8. The van der Waals surface area contributed by atoms with Crippen LogP contribution in [-0.4, -0.2) is 19.2 Å². The average Bonchev–Trinajstić information content (AvgIpc) is 3.20. The van der Waals surface area contributed by atoms with Crippen LogP contribution in [-0.2, 0) is 9.53 Å². The molecular weight excluding hydrogens is 288 g/mol. The first-order chi connectivity index (χ1) is 11.2. The zero-order valence-electron chi connectivity index (χ0n) is 13.2. The lowest BCUT2D eigenvalue weighted by atomic mass is 9.95. The van der Waals surface area contributed by atoms with Crippen molar-refractivity contribution in [2.75, 3.05) is 13.2 Å². The molecule has 3 unspecified atom stereocenters. The molecule has 3 nitrogen and oxygen atoms in total. The number of carbonyl (C=O) groups is 1. The molecular formula is C20H22O3. The van der Waals surface area contributed by atoms with Gasteiger partial charge >= 0.3 is 5.97 Å². The fourth-order valence-electron chi connectivity index (χ4n) is 3.32. The normalized spacial score (nSPS) is 25.0. The summed E-state index contributed by atoms with van der Waals surface area (Å²) in [6, 6.07) is 7.55. The summed E-state index contributed by atoms with van der Waals surface area (Å²) in [5.41, 5.74) is 0.941. The van der Waals surface area contributed by atoms with Gasteiger partial charge in [0.1, 0.15) is 12.4 Å². The van der Waals surface area contributed by atoms with E-state index in [1.807, 2.05) is 24.3 Å². The molecule has 2 bridgehead atoms. The number of benzene rings is 1. The Hall–Kier alpha value is -2.29. The third-order valence-corrected chi connectivity index (χ3v) is 4.52. The van der Waals surface area contributed by atoms with Gasteiger partial charge in [-0.05, 0) is 54.4 Å². The van der Waals surface area contributed by atoms with Gasteiger partial charge in [0.15, 0.2) is 0 Å². The molecule has 23 heavy (non-hydrogen) atoms. The number of esters is 1. The Bertz CT molecular complexity index is 612. The standard InChI is InChI=1S/C20H22O3/c1-2-11-22-19-8-4-15(5-9-19)6-10-20(21)23-14-18-13-16-3-7-17(18)12-16/h2-10,16-18H,1,11-14H2. The van der Waals surface area contributed by atoms with Crippen molar-refractivity contribution in [3.05, 3.63) is 60.7 Å². The highest BCUT2D eigenvalue weighted by Gasteiger charge is 2.35. The molecule has 2 aliphatic rings. The van der Waals surface area contributed by atoms with E-state index in [1.54, 1.807) is 12.2 Å². The number of rotatable bonds is 7. The fourth-order valence-corrected chi connectivity index (χ4v) is 3.32. The third-order valence-electron chi connectivity index (χ3n) is 4.52. The zero-order valence-corrected chi connectivity index (χ0v) is 13.2. The number of hydrogen-bond acceptors (Lipinski definition) is 3. The van der Waals surface area contributed by atoms with Crippen LogP contribution in [0, 0.1) is 17.8 Å². The number of hydrogen-bond donors (Lipinski definition) is 0. The Morgan fingerprint density at radius 1 is 1.22 bits per heavy atom. The lowest BCUT2D eigenvalue weighted by molar-refractivity contribution is -0.139. The maximum Gasteiger partial charge on any atom is 0.330 e. The minimum Gasteiger partial charge on any atom is -0.490 e. The first kappa shape index (κ1) is 15.6. The van der Waals surface area contributed by atoms with Crippen molar-refractivity contribution >= 4 is 12.0 Å². The molecule has 1 saturated carbocycles. The van der Waals surface area contributed by atoms with Crippen LogP contribution < -0.4 is 4.74 Å². The van der Waals surface area contributed by atoms with Crippen LogP contribution in [0.1, 0.15) is 18.4 Å². The van der Waals surface area contributed by atoms with Crippen molar-refractivity contribution in [2.24, 2.45) is 17.8 Å². The van der Waals surface area contributed by atoms with Gasteiger partial charge < -0.3 is 9.47 Å². The average molecular weight is 310 g/mol. The molecule has 2 aliphatic carbocycles. The molecule has 3 rings (SSSR count). The number of carbonyl (C=O) groups excluding carboxylic acids is 1. The van der Waals surface area contributed by atoms with E-state index in [0.717, 1.165) is 17.7 Å². The molecule has 0 aromatic heterocycles. The predicted molar refractivity (Wildman–Crippen MR) is 91.0 cm³/mol. The molecule has 0 radical (unpaired) electrons. The summed E-state index contributed by atoms with van der Waals surface area (Å²) in [6.45, 7) is 4.63. The lowest BCUT2D eigenvalue weighted by Crippen LogP contribution is -2.16. The molecule has 0 heterocycles. The molecule has 0 N–H and O–H groups in total. The largest absolute Gasteiger partial charge is 0.490 e. The monoisotopic (exact) mass is 310 g/mol. The highest BCUT2D eigenvalue weighted by Crippen LogP contribution is 2.43.